The third-order valence-corrected chi connectivity index (χ3v) is 4.94. The zero-order valence-corrected chi connectivity index (χ0v) is 15.3. The number of carbonyl (C=O) groups excluding carboxylic acids is 1. The van der Waals surface area contributed by atoms with E-state index in [2.05, 4.69) is 10.0 Å². The molecular formula is C17H19N3O6S. The lowest BCUT2D eigenvalue weighted by Gasteiger charge is -2.14. The van der Waals surface area contributed by atoms with Gasteiger partial charge in [0.1, 0.15) is 5.75 Å². The lowest BCUT2D eigenvalue weighted by atomic mass is 10.3. The lowest BCUT2D eigenvalue weighted by molar-refractivity contribution is -0.385. The fourth-order valence-electron chi connectivity index (χ4n) is 2.12. The molecule has 9 nitrogen and oxygen atoms in total. The van der Waals surface area contributed by atoms with Gasteiger partial charge in [-0.1, -0.05) is 24.3 Å². The molecule has 0 aliphatic heterocycles. The maximum absolute atomic E-state index is 12.2. The van der Waals surface area contributed by atoms with Crippen LogP contribution in [0, 0.1) is 10.1 Å². The molecule has 0 aliphatic carbocycles. The van der Waals surface area contributed by atoms with Gasteiger partial charge in [0.15, 0.2) is 6.10 Å². The zero-order valence-electron chi connectivity index (χ0n) is 14.5. The third-order valence-electron chi connectivity index (χ3n) is 3.48. The maximum atomic E-state index is 12.2. The topological polar surface area (TPSA) is 128 Å². The Morgan fingerprint density at radius 3 is 2.52 bits per heavy atom. The van der Waals surface area contributed by atoms with Crippen molar-refractivity contribution in [1.29, 1.82) is 0 Å². The summed E-state index contributed by atoms with van der Waals surface area (Å²) in [7, 11) is -3.92. The monoisotopic (exact) mass is 393 g/mol. The molecule has 0 aromatic heterocycles. The molecule has 1 atom stereocenters. The van der Waals surface area contributed by atoms with Gasteiger partial charge in [-0.25, -0.2) is 13.1 Å². The number of hydrogen-bond donors (Lipinski definition) is 2. The van der Waals surface area contributed by atoms with Crippen molar-refractivity contribution >= 4 is 21.6 Å². The Morgan fingerprint density at radius 1 is 1.15 bits per heavy atom. The summed E-state index contributed by atoms with van der Waals surface area (Å²) in [6, 6.07) is 13.5. The van der Waals surface area contributed by atoms with Gasteiger partial charge in [-0.2, -0.15) is 0 Å². The summed E-state index contributed by atoms with van der Waals surface area (Å²) in [5, 5.41) is 13.3. The van der Waals surface area contributed by atoms with E-state index in [1.165, 1.54) is 18.2 Å². The van der Waals surface area contributed by atoms with Crippen molar-refractivity contribution < 1.29 is 22.9 Å². The number of hydrogen-bond acceptors (Lipinski definition) is 6. The summed E-state index contributed by atoms with van der Waals surface area (Å²) in [5.74, 6) is 0.153. The minimum atomic E-state index is -3.92. The quantitative estimate of drug-likeness (QED) is 0.377. The highest BCUT2D eigenvalue weighted by Crippen LogP contribution is 2.16. The van der Waals surface area contributed by atoms with Gasteiger partial charge in [0.05, 0.1) is 9.82 Å². The maximum Gasteiger partial charge on any atom is 0.270 e. The Kier molecular flexibility index (Phi) is 6.85. The molecule has 27 heavy (non-hydrogen) atoms. The number of nitrogens with one attached hydrogen (secondary N) is 2. The molecule has 2 N–H and O–H groups in total. The molecule has 1 unspecified atom stereocenters. The van der Waals surface area contributed by atoms with Crippen molar-refractivity contribution in [3.8, 4) is 5.75 Å². The van der Waals surface area contributed by atoms with Crippen molar-refractivity contribution in [2.24, 2.45) is 0 Å². The highest BCUT2D eigenvalue weighted by molar-refractivity contribution is 7.89. The SMILES string of the molecule is CC(Oc1ccccc1)C(=O)NCCNS(=O)(=O)c1cccc([N+](=O)[O-])c1. The fraction of sp³-hybridized carbons (Fsp3) is 0.235. The van der Waals surface area contributed by atoms with E-state index < -0.39 is 27.0 Å². The molecule has 0 saturated heterocycles. The van der Waals surface area contributed by atoms with Crippen LogP contribution in [0.15, 0.2) is 59.5 Å². The van der Waals surface area contributed by atoms with Crippen LogP contribution in [-0.4, -0.2) is 38.4 Å². The second kappa shape index (κ2) is 9.10. The standard InChI is InChI=1S/C17H19N3O6S/c1-13(26-15-7-3-2-4-8-15)17(21)18-10-11-19-27(24,25)16-9-5-6-14(12-16)20(22)23/h2-9,12-13,19H,10-11H2,1H3,(H,18,21). The van der Waals surface area contributed by atoms with Crippen LogP contribution in [0.4, 0.5) is 5.69 Å². The van der Waals surface area contributed by atoms with Gasteiger partial charge in [-0.3, -0.25) is 14.9 Å². The van der Waals surface area contributed by atoms with Crippen molar-refractivity contribution in [2.75, 3.05) is 13.1 Å². The van der Waals surface area contributed by atoms with Crippen molar-refractivity contribution in [3.63, 3.8) is 0 Å². The van der Waals surface area contributed by atoms with Gasteiger partial charge < -0.3 is 10.1 Å². The second-order valence-electron chi connectivity index (χ2n) is 5.52. The molecule has 2 aromatic rings. The number of carbonyl (C=O) groups is 1. The molecule has 1 amide bonds. The lowest BCUT2D eigenvalue weighted by Crippen LogP contribution is -2.40. The van der Waals surface area contributed by atoms with Gasteiger partial charge in [-0.15, -0.1) is 0 Å². The van der Waals surface area contributed by atoms with Crippen LogP contribution < -0.4 is 14.8 Å². The molecule has 2 rings (SSSR count). The van der Waals surface area contributed by atoms with Gasteiger partial charge in [-0.05, 0) is 25.1 Å². The van der Waals surface area contributed by atoms with E-state index >= 15 is 0 Å². The van der Waals surface area contributed by atoms with Crippen LogP contribution in [0.2, 0.25) is 0 Å². The number of nitro groups is 1. The van der Waals surface area contributed by atoms with E-state index in [-0.39, 0.29) is 23.7 Å². The number of benzene rings is 2. The average molecular weight is 393 g/mol. The largest absolute Gasteiger partial charge is 0.481 e. The molecule has 2 aromatic carbocycles. The van der Waals surface area contributed by atoms with E-state index in [1.807, 2.05) is 6.07 Å². The molecular weight excluding hydrogens is 374 g/mol. The van der Waals surface area contributed by atoms with Crippen LogP contribution in [0.1, 0.15) is 6.92 Å². The van der Waals surface area contributed by atoms with Crippen molar-refractivity contribution in [1.82, 2.24) is 10.0 Å². The Morgan fingerprint density at radius 2 is 1.85 bits per heavy atom. The Bertz CT molecular complexity index is 902. The molecule has 0 radical (unpaired) electrons. The zero-order chi connectivity index (χ0) is 19.9. The first-order valence-corrected chi connectivity index (χ1v) is 9.51. The summed E-state index contributed by atoms with van der Waals surface area (Å²) in [6.45, 7) is 1.54. The summed E-state index contributed by atoms with van der Waals surface area (Å²) in [5.41, 5.74) is -0.321. The highest BCUT2D eigenvalue weighted by Gasteiger charge is 2.18. The Labute approximate surface area is 156 Å². The average Bonchev–Trinajstić information content (AvgIpc) is 2.66. The number of ether oxygens (including phenoxy) is 1. The van der Waals surface area contributed by atoms with E-state index in [1.54, 1.807) is 31.2 Å². The van der Waals surface area contributed by atoms with Crippen LogP contribution in [0.3, 0.4) is 0 Å². The highest BCUT2D eigenvalue weighted by atomic mass is 32.2. The van der Waals surface area contributed by atoms with E-state index in [0.717, 1.165) is 6.07 Å². The van der Waals surface area contributed by atoms with Crippen LogP contribution in [-0.2, 0) is 14.8 Å². The molecule has 0 heterocycles. The molecule has 0 bridgehead atoms. The molecule has 0 fully saturated rings. The van der Waals surface area contributed by atoms with Gasteiger partial charge in [0.2, 0.25) is 10.0 Å². The number of amides is 1. The first-order chi connectivity index (χ1) is 12.8. The first-order valence-electron chi connectivity index (χ1n) is 8.03. The number of sulfonamides is 1. The van der Waals surface area contributed by atoms with Crippen LogP contribution in [0.25, 0.3) is 0 Å². The Hall–Kier alpha value is -2.98. The predicted molar refractivity (Wildman–Crippen MR) is 97.8 cm³/mol. The summed E-state index contributed by atoms with van der Waals surface area (Å²) in [6.07, 6.45) is -0.749. The predicted octanol–water partition coefficient (Wildman–Crippen LogP) is 1.46. The molecule has 0 aliphatic rings. The fourth-order valence-corrected chi connectivity index (χ4v) is 3.19. The summed E-state index contributed by atoms with van der Waals surface area (Å²) in [4.78, 5) is 21.8. The van der Waals surface area contributed by atoms with Gasteiger partial charge >= 0.3 is 0 Å². The van der Waals surface area contributed by atoms with Crippen LogP contribution in [0.5, 0.6) is 5.75 Å². The van der Waals surface area contributed by atoms with Gasteiger partial charge in [0.25, 0.3) is 11.6 Å². The molecule has 0 spiro atoms. The number of nitrogens with zero attached hydrogens (tertiary/aromatic N) is 1. The first kappa shape index (κ1) is 20.3. The summed E-state index contributed by atoms with van der Waals surface area (Å²) >= 11 is 0. The smallest absolute Gasteiger partial charge is 0.270 e. The van der Waals surface area contributed by atoms with Crippen molar-refractivity contribution in [3.05, 3.63) is 64.7 Å². The molecule has 0 saturated carbocycles. The summed E-state index contributed by atoms with van der Waals surface area (Å²) < 4.78 is 32.1. The molecule has 10 heteroatoms. The Balaban J connectivity index is 1.82. The van der Waals surface area contributed by atoms with E-state index in [0.29, 0.717) is 5.75 Å². The number of nitro benzene ring substituents is 1. The van der Waals surface area contributed by atoms with Crippen molar-refractivity contribution in [2.45, 2.75) is 17.9 Å². The normalized spacial score (nSPS) is 12.2. The van der Waals surface area contributed by atoms with E-state index in [9.17, 15) is 23.3 Å². The second-order valence-corrected chi connectivity index (χ2v) is 7.28. The van der Waals surface area contributed by atoms with E-state index in [4.69, 9.17) is 4.74 Å². The third kappa shape index (κ3) is 6.04. The number of non-ortho nitro benzene ring substituents is 1. The van der Waals surface area contributed by atoms with Crippen LogP contribution >= 0.6 is 0 Å². The number of rotatable bonds is 9. The number of para-hydroxylation sites is 1. The molecule has 144 valence electrons. The van der Waals surface area contributed by atoms with Gasteiger partial charge in [0, 0.05) is 25.2 Å². The minimum absolute atomic E-state index is 0.0372. The minimum Gasteiger partial charge on any atom is -0.481 e.